The first-order chi connectivity index (χ1) is 14.7. The number of nitrogens with zero attached hydrogens (tertiary/aromatic N) is 1. The van der Waals surface area contributed by atoms with Crippen molar-refractivity contribution >= 4 is 22.6 Å². The smallest absolute Gasteiger partial charge is 0.329 e. The van der Waals surface area contributed by atoms with Crippen molar-refractivity contribution in [3.05, 3.63) is 52.8 Å². The van der Waals surface area contributed by atoms with Crippen LogP contribution >= 0.6 is 11.3 Å². The van der Waals surface area contributed by atoms with Crippen molar-refractivity contribution in [2.45, 2.75) is 62.6 Å². The van der Waals surface area contributed by atoms with Crippen molar-refractivity contribution < 1.29 is 13.2 Å². The average molecular weight is 453 g/mol. The summed E-state index contributed by atoms with van der Waals surface area (Å²) < 4.78 is 45.9. The van der Waals surface area contributed by atoms with Crippen molar-refractivity contribution in [3.63, 3.8) is 0 Å². The van der Waals surface area contributed by atoms with Crippen LogP contribution in [0.3, 0.4) is 0 Å². The van der Waals surface area contributed by atoms with E-state index in [0.717, 1.165) is 17.7 Å². The Morgan fingerprint density at radius 2 is 2.03 bits per heavy atom. The Hall–Kier alpha value is -2.33. The van der Waals surface area contributed by atoms with E-state index in [-0.39, 0.29) is 36.3 Å². The molecule has 3 aliphatic carbocycles. The standard InChI is InChI=1S/C21H23F3N4O2S/c1-8-14(13-6-10-11(7-25)21(23,24)5-4-12(10)31-13)16(22)17(26)15-18(8)28(9-2-3-9)20(30)27-19(15)29/h6,9,11,14,16H,2-5,7,25-26H2,1H3,(H,27,29,30). The molecule has 1 fully saturated rings. The van der Waals surface area contributed by atoms with Crippen LogP contribution in [0.5, 0.6) is 0 Å². The van der Waals surface area contributed by atoms with Gasteiger partial charge in [0.1, 0.15) is 0 Å². The zero-order chi connectivity index (χ0) is 22.2. The van der Waals surface area contributed by atoms with Crippen molar-refractivity contribution in [2.24, 2.45) is 11.5 Å². The van der Waals surface area contributed by atoms with Crippen molar-refractivity contribution in [1.29, 1.82) is 0 Å². The highest BCUT2D eigenvalue weighted by atomic mass is 32.1. The molecular weight excluding hydrogens is 429 g/mol. The molecule has 2 aromatic rings. The normalized spacial score (nSPS) is 27.2. The predicted octanol–water partition coefficient (Wildman–Crippen LogP) is 0.930. The number of fused-ring (bicyclic) bond motifs is 2. The molecule has 3 aliphatic rings. The number of H-pyrrole nitrogens is 1. The average Bonchev–Trinajstić information content (AvgIpc) is 3.44. The fourth-order valence-electron chi connectivity index (χ4n) is 5.02. The minimum absolute atomic E-state index is 0.000405. The predicted molar refractivity (Wildman–Crippen MR) is 113 cm³/mol. The van der Waals surface area contributed by atoms with E-state index in [1.54, 1.807) is 13.0 Å². The van der Waals surface area contributed by atoms with E-state index in [9.17, 15) is 18.4 Å². The maximum Gasteiger partial charge on any atom is 0.329 e. The van der Waals surface area contributed by atoms with E-state index in [1.165, 1.54) is 15.9 Å². The fourth-order valence-corrected chi connectivity index (χ4v) is 6.43. The summed E-state index contributed by atoms with van der Waals surface area (Å²) in [5, 5.41) is 0.361. The lowest BCUT2D eigenvalue weighted by atomic mass is 9.82. The van der Waals surface area contributed by atoms with Crippen LogP contribution < -0.4 is 33.3 Å². The number of aromatic nitrogens is 2. The molecule has 5 rings (SSSR count). The molecule has 0 spiro atoms. The summed E-state index contributed by atoms with van der Waals surface area (Å²) in [5.41, 5.74) is 11.3. The third-order valence-electron chi connectivity index (χ3n) is 6.75. The minimum atomic E-state index is -2.90. The van der Waals surface area contributed by atoms with E-state index in [0.29, 0.717) is 21.4 Å². The number of aromatic amines is 1. The van der Waals surface area contributed by atoms with Gasteiger partial charge in [-0.15, -0.1) is 11.3 Å². The topological polar surface area (TPSA) is 107 Å². The van der Waals surface area contributed by atoms with Crippen LogP contribution in [0.1, 0.15) is 59.4 Å². The van der Waals surface area contributed by atoms with Crippen LogP contribution in [-0.4, -0.2) is 28.2 Å². The van der Waals surface area contributed by atoms with Gasteiger partial charge in [-0.1, -0.05) is 0 Å². The number of hydrogen-bond acceptors (Lipinski definition) is 5. The van der Waals surface area contributed by atoms with Gasteiger partial charge in [0.25, 0.3) is 11.5 Å². The minimum Gasteiger partial charge on any atom is -0.399 e. The number of thiophene rings is 1. The molecule has 0 bridgehead atoms. The maximum atomic E-state index is 15.6. The Kier molecular flexibility index (Phi) is 4.53. The van der Waals surface area contributed by atoms with Gasteiger partial charge in [0.2, 0.25) is 0 Å². The summed E-state index contributed by atoms with van der Waals surface area (Å²) in [7, 11) is 0. The summed E-state index contributed by atoms with van der Waals surface area (Å²) in [6.07, 6.45) is -0.210. The number of rotatable bonds is 3. The summed E-state index contributed by atoms with van der Waals surface area (Å²) in [6, 6.07) is 1.56. The lowest BCUT2D eigenvalue weighted by Gasteiger charge is -2.30. The molecule has 2 aromatic heterocycles. The Morgan fingerprint density at radius 3 is 2.68 bits per heavy atom. The lowest BCUT2D eigenvalue weighted by Crippen LogP contribution is -2.59. The van der Waals surface area contributed by atoms with Gasteiger partial charge in [-0.2, -0.15) is 0 Å². The van der Waals surface area contributed by atoms with E-state index in [2.05, 4.69) is 4.98 Å². The summed E-state index contributed by atoms with van der Waals surface area (Å²) in [6.45, 7) is 1.49. The molecule has 166 valence electrons. The van der Waals surface area contributed by atoms with Crippen LogP contribution in [-0.2, 0) is 6.42 Å². The highest BCUT2D eigenvalue weighted by molar-refractivity contribution is 7.12. The van der Waals surface area contributed by atoms with Gasteiger partial charge in [-0.05, 0) is 43.4 Å². The molecule has 10 heteroatoms. The molecule has 0 amide bonds. The van der Waals surface area contributed by atoms with Crippen molar-refractivity contribution in [2.75, 3.05) is 6.54 Å². The molecule has 1 saturated carbocycles. The Balaban J connectivity index is 1.75. The monoisotopic (exact) mass is 452 g/mol. The van der Waals surface area contributed by atoms with Gasteiger partial charge in [0, 0.05) is 28.8 Å². The molecule has 31 heavy (non-hydrogen) atoms. The van der Waals surface area contributed by atoms with E-state index in [4.69, 9.17) is 11.5 Å². The SMILES string of the molecule is CC1=c2c(c(=O)[nH]c(=O)n2C2CC2)=C(N)C(F)C1c1cc2c(s1)CCC(F)(F)C2CN. The quantitative estimate of drug-likeness (QED) is 0.644. The number of nitrogens with two attached hydrogens (primary N) is 2. The second-order valence-electron chi connectivity index (χ2n) is 8.68. The fraction of sp³-hybridized carbons (Fsp3) is 0.524. The molecule has 0 saturated heterocycles. The van der Waals surface area contributed by atoms with Crippen LogP contribution in [0, 0.1) is 0 Å². The number of nitrogens with one attached hydrogen (secondary N) is 1. The molecule has 0 aliphatic heterocycles. The van der Waals surface area contributed by atoms with Crippen molar-refractivity contribution in [1.82, 2.24) is 9.55 Å². The number of hydrogen-bond donors (Lipinski definition) is 3. The Labute approximate surface area is 179 Å². The van der Waals surface area contributed by atoms with E-state index < -0.39 is 35.2 Å². The molecule has 3 unspecified atom stereocenters. The largest absolute Gasteiger partial charge is 0.399 e. The lowest BCUT2D eigenvalue weighted by molar-refractivity contribution is -0.0381. The Bertz CT molecular complexity index is 1320. The molecule has 0 aromatic carbocycles. The first-order valence-electron chi connectivity index (χ1n) is 10.4. The summed E-state index contributed by atoms with van der Waals surface area (Å²) >= 11 is 1.29. The van der Waals surface area contributed by atoms with E-state index in [1.807, 2.05) is 0 Å². The third kappa shape index (κ3) is 2.95. The van der Waals surface area contributed by atoms with E-state index >= 15 is 4.39 Å². The molecule has 0 radical (unpaired) electrons. The van der Waals surface area contributed by atoms with Crippen LogP contribution in [0.2, 0.25) is 0 Å². The van der Waals surface area contributed by atoms with Gasteiger partial charge in [-0.25, -0.2) is 18.0 Å². The number of halogens is 3. The van der Waals surface area contributed by atoms with Crippen molar-refractivity contribution in [3.8, 4) is 0 Å². The van der Waals surface area contributed by atoms with Gasteiger partial charge in [-0.3, -0.25) is 14.3 Å². The first kappa shape index (κ1) is 20.6. The number of alkyl halides is 3. The zero-order valence-corrected chi connectivity index (χ0v) is 17.7. The van der Waals surface area contributed by atoms with Gasteiger partial charge < -0.3 is 11.5 Å². The van der Waals surface area contributed by atoms with Gasteiger partial charge in [0.15, 0.2) is 6.17 Å². The maximum absolute atomic E-state index is 15.6. The third-order valence-corrected chi connectivity index (χ3v) is 8.04. The molecule has 3 atom stereocenters. The molecule has 6 nitrogen and oxygen atoms in total. The van der Waals surface area contributed by atoms with Crippen LogP contribution in [0.15, 0.2) is 15.7 Å². The van der Waals surface area contributed by atoms with Gasteiger partial charge in [0.05, 0.1) is 28.1 Å². The number of aryl methyl sites for hydroxylation is 1. The van der Waals surface area contributed by atoms with Crippen LogP contribution in [0.4, 0.5) is 13.2 Å². The molecule has 5 N–H and O–H groups in total. The second-order valence-corrected chi connectivity index (χ2v) is 9.85. The van der Waals surface area contributed by atoms with Gasteiger partial charge >= 0.3 is 5.69 Å². The summed E-state index contributed by atoms with van der Waals surface area (Å²) in [4.78, 5) is 28.6. The zero-order valence-electron chi connectivity index (χ0n) is 16.9. The Morgan fingerprint density at radius 1 is 1.32 bits per heavy atom. The molecule has 2 heterocycles. The molecular formula is C21H23F3N4O2S. The second kappa shape index (κ2) is 6.83. The first-order valence-corrected chi connectivity index (χ1v) is 11.2. The highest BCUT2D eigenvalue weighted by Gasteiger charge is 2.45. The van der Waals surface area contributed by atoms with Crippen LogP contribution in [0.25, 0.3) is 11.3 Å². The highest BCUT2D eigenvalue weighted by Crippen LogP contribution is 2.48. The summed E-state index contributed by atoms with van der Waals surface area (Å²) in [5.74, 6) is -4.86.